The third kappa shape index (κ3) is 5.61. The first-order valence-electron chi connectivity index (χ1n) is 6.22. The van der Waals surface area contributed by atoms with Crippen LogP contribution in [0.5, 0.6) is 0 Å². The quantitative estimate of drug-likeness (QED) is 0.636. The third-order valence-corrected chi connectivity index (χ3v) is 2.96. The van der Waals surface area contributed by atoms with Crippen molar-refractivity contribution in [3.05, 3.63) is 0 Å². The van der Waals surface area contributed by atoms with Crippen LogP contribution in [0, 0.1) is 5.92 Å². The molecule has 1 atom stereocenters. The first kappa shape index (κ1) is 12.0. The molecule has 1 fully saturated rings. The lowest BCUT2D eigenvalue weighted by molar-refractivity contribution is 0.112. The average molecular weight is 199 g/mol. The van der Waals surface area contributed by atoms with Crippen molar-refractivity contribution in [1.82, 2.24) is 5.32 Å². The van der Waals surface area contributed by atoms with Crippen molar-refractivity contribution < 1.29 is 4.74 Å². The molecule has 0 aliphatic carbocycles. The lowest BCUT2D eigenvalue weighted by Gasteiger charge is -2.22. The Morgan fingerprint density at radius 3 is 2.93 bits per heavy atom. The summed E-state index contributed by atoms with van der Waals surface area (Å²) in [5.41, 5.74) is 0. The highest BCUT2D eigenvalue weighted by molar-refractivity contribution is 4.68. The van der Waals surface area contributed by atoms with E-state index in [1.54, 1.807) is 0 Å². The van der Waals surface area contributed by atoms with E-state index in [2.05, 4.69) is 12.2 Å². The second-order valence-corrected chi connectivity index (χ2v) is 4.32. The second-order valence-electron chi connectivity index (χ2n) is 4.32. The molecule has 0 radical (unpaired) electrons. The van der Waals surface area contributed by atoms with Crippen LogP contribution in [0.3, 0.4) is 0 Å². The van der Waals surface area contributed by atoms with Gasteiger partial charge in [-0.3, -0.25) is 0 Å². The molecule has 0 amide bonds. The van der Waals surface area contributed by atoms with Crippen molar-refractivity contribution in [2.24, 2.45) is 5.92 Å². The summed E-state index contributed by atoms with van der Waals surface area (Å²) in [5, 5.41) is 3.44. The lowest BCUT2D eigenvalue weighted by atomic mass is 9.97. The predicted molar refractivity (Wildman–Crippen MR) is 60.6 cm³/mol. The van der Waals surface area contributed by atoms with Gasteiger partial charge in [-0.25, -0.2) is 0 Å². The van der Waals surface area contributed by atoms with E-state index in [0.717, 1.165) is 19.1 Å². The average Bonchev–Trinajstić information content (AvgIpc) is 2.25. The van der Waals surface area contributed by atoms with Crippen LogP contribution < -0.4 is 5.32 Å². The third-order valence-electron chi connectivity index (χ3n) is 2.96. The van der Waals surface area contributed by atoms with E-state index >= 15 is 0 Å². The molecule has 1 aliphatic heterocycles. The fourth-order valence-electron chi connectivity index (χ4n) is 1.98. The van der Waals surface area contributed by atoms with E-state index < -0.39 is 0 Å². The Kier molecular flexibility index (Phi) is 7.06. The highest BCUT2D eigenvalue weighted by Gasteiger charge is 2.11. The molecule has 0 spiro atoms. The molecule has 1 aliphatic rings. The first-order chi connectivity index (χ1) is 6.93. The monoisotopic (exact) mass is 199 g/mol. The lowest BCUT2D eigenvalue weighted by Crippen LogP contribution is -2.30. The number of rotatable bonds is 7. The van der Waals surface area contributed by atoms with Gasteiger partial charge in [0.05, 0.1) is 0 Å². The van der Waals surface area contributed by atoms with Crippen LogP contribution in [-0.2, 0) is 4.74 Å². The molecule has 1 N–H and O–H groups in total. The van der Waals surface area contributed by atoms with Crippen molar-refractivity contribution >= 4 is 0 Å². The summed E-state index contributed by atoms with van der Waals surface area (Å²) >= 11 is 0. The molecule has 0 bridgehead atoms. The van der Waals surface area contributed by atoms with Gasteiger partial charge in [-0.05, 0) is 44.7 Å². The minimum Gasteiger partial charge on any atom is -0.381 e. The fraction of sp³-hybridized carbons (Fsp3) is 1.00. The molecule has 84 valence electrons. The van der Waals surface area contributed by atoms with Crippen LogP contribution in [0.25, 0.3) is 0 Å². The number of ether oxygens (including phenoxy) is 1. The zero-order valence-electron chi connectivity index (χ0n) is 9.56. The number of piperidine rings is 1. The van der Waals surface area contributed by atoms with Gasteiger partial charge in [0.1, 0.15) is 0 Å². The van der Waals surface area contributed by atoms with Gasteiger partial charge in [-0.15, -0.1) is 0 Å². The fourth-order valence-corrected chi connectivity index (χ4v) is 1.98. The van der Waals surface area contributed by atoms with Gasteiger partial charge in [-0.1, -0.05) is 19.8 Å². The highest BCUT2D eigenvalue weighted by Crippen LogP contribution is 2.13. The summed E-state index contributed by atoms with van der Waals surface area (Å²) in [6.07, 6.45) is 7.82. The maximum Gasteiger partial charge on any atom is 0.0469 e. The van der Waals surface area contributed by atoms with Crippen LogP contribution >= 0.6 is 0 Å². The van der Waals surface area contributed by atoms with Crippen molar-refractivity contribution in [3.63, 3.8) is 0 Å². The van der Waals surface area contributed by atoms with Crippen molar-refractivity contribution in [2.45, 2.75) is 45.4 Å². The Morgan fingerprint density at radius 2 is 2.21 bits per heavy atom. The van der Waals surface area contributed by atoms with E-state index in [1.807, 2.05) is 0 Å². The maximum atomic E-state index is 5.61. The van der Waals surface area contributed by atoms with Crippen LogP contribution in [0.1, 0.15) is 45.4 Å². The number of hydrogen-bond donors (Lipinski definition) is 1. The topological polar surface area (TPSA) is 21.3 Å². The number of hydrogen-bond acceptors (Lipinski definition) is 2. The molecule has 0 aromatic rings. The standard InChI is InChI=1S/C12H25NO/c1-2-3-4-9-14-10-7-12-6-5-8-13-11-12/h12-13H,2-11H2,1H3/t12-/m0/s1. The van der Waals surface area contributed by atoms with Gasteiger partial charge >= 0.3 is 0 Å². The Balaban J connectivity index is 1.82. The van der Waals surface area contributed by atoms with E-state index in [1.165, 1.54) is 51.6 Å². The Hall–Kier alpha value is -0.0800. The SMILES string of the molecule is CCCCCOCC[C@@H]1CCCNC1. The zero-order valence-corrected chi connectivity index (χ0v) is 9.56. The normalized spacial score (nSPS) is 22.5. The number of unbranched alkanes of at least 4 members (excludes halogenated alkanes) is 2. The van der Waals surface area contributed by atoms with Gasteiger partial charge < -0.3 is 10.1 Å². The van der Waals surface area contributed by atoms with E-state index in [-0.39, 0.29) is 0 Å². The molecule has 2 heteroatoms. The van der Waals surface area contributed by atoms with Crippen molar-refractivity contribution in [3.8, 4) is 0 Å². The molecule has 0 saturated carbocycles. The molecule has 0 unspecified atom stereocenters. The summed E-state index contributed by atoms with van der Waals surface area (Å²) in [7, 11) is 0. The van der Waals surface area contributed by atoms with Gasteiger partial charge in [-0.2, -0.15) is 0 Å². The summed E-state index contributed by atoms with van der Waals surface area (Å²) in [6, 6.07) is 0. The summed E-state index contributed by atoms with van der Waals surface area (Å²) in [5.74, 6) is 0.870. The van der Waals surface area contributed by atoms with Gasteiger partial charge in [0.25, 0.3) is 0 Å². The van der Waals surface area contributed by atoms with Gasteiger partial charge in [0.15, 0.2) is 0 Å². The molecule has 1 saturated heterocycles. The second kappa shape index (κ2) is 8.25. The first-order valence-corrected chi connectivity index (χ1v) is 6.22. The minimum atomic E-state index is 0.870. The Labute approximate surface area is 88.4 Å². The molecule has 0 aromatic carbocycles. The molecular weight excluding hydrogens is 174 g/mol. The van der Waals surface area contributed by atoms with Gasteiger partial charge in [0, 0.05) is 13.2 Å². The molecule has 1 rings (SSSR count). The minimum absolute atomic E-state index is 0.870. The zero-order chi connectivity index (χ0) is 10.1. The van der Waals surface area contributed by atoms with Crippen LogP contribution in [-0.4, -0.2) is 26.3 Å². The Morgan fingerprint density at radius 1 is 1.29 bits per heavy atom. The maximum absolute atomic E-state index is 5.61. The highest BCUT2D eigenvalue weighted by atomic mass is 16.5. The summed E-state index contributed by atoms with van der Waals surface area (Å²) in [4.78, 5) is 0. The van der Waals surface area contributed by atoms with E-state index in [0.29, 0.717) is 0 Å². The van der Waals surface area contributed by atoms with Crippen LogP contribution in [0.15, 0.2) is 0 Å². The molecule has 14 heavy (non-hydrogen) atoms. The van der Waals surface area contributed by atoms with E-state index in [4.69, 9.17) is 4.74 Å². The predicted octanol–water partition coefficient (Wildman–Crippen LogP) is 2.58. The van der Waals surface area contributed by atoms with Crippen LogP contribution in [0.4, 0.5) is 0 Å². The summed E-state index contributed by atoms with van der Waals surface area (Å²) < 4.78 is 5.61. The number of nitrogens with one attached hydrogen (secondary N) is 1. The molecule has 0 aromatic heterocycles. The van der Waals surface area contributed by atoms with Crippen molar-refractivity contribution in [1.29, 1.82) is 0 Å². The van der Waals surface area contributed by atoms with Crippen molar-refractivity contribution in [2.75, 3.05) is 26.3 Å². The van der Waals surface area contributed by atoms with Crippen LogP contribution in [0.2, 0.25) is 0 Å². The molecule has 2 nitrogen and oxygen atoms in total. The largest absolute Gasteiger partial charge is 0.381 e. The smallest absolute Gasteiger partial charge is 0.0469 e. The van der Waals surface area contributed by atoms with E-state index in [9.17, 15) is 0 Å². The molecule has 1 heterocycles. The molecular formula is C12H25NO. The Bertz CT molecular complexity index is 121. The summed E-state index contributed by atoms with van der Waals surface area (Å²) in [6.45, 7) is 6.59. The van der Waals surface area contributed by atoms with Gasteiger partial charge in [0.2, 0.25) is 0 Å².